The van der Waals surface area contributed by atoms with Crippen molar-refractivity contribution in [1.29, 1.82) is 0 Å². The van der Waals surface area contributed by atoms with Crippen LogP contribution in [0.3, 0.4) is 0 Å². The van der Waals surface area contributed by atoms with Crippen molar-refractivity contribution >= 4 is 6.29 Å². The van der Waals surface area contributed by atoms with Crippen LogP contribution in [0.1, 0.15) is 12.0 Å². The zero-order valence-corrected chi connectivity index (χ0v) is 9.19. The predicted molar refractivity (Wildman–Crippen MR) is 58.4 cm³/mol. The van der Waals surface area contributed by atoms with Crippen LogP contribution in [0.5, 0.6) is 17.2 Å². The third-order valence-electron chi connectivity index (χ3n) is 2.50. The maximum Gasteiger partial charge on any atom is 0.168 e. The molecule has 0 atom stereocenters. The molecule has 4 nitrogen and oxygen atoms in total. The Morgan fingerprint density at radius 3 is 2.94 bits per heavy atom. The molecule has 1 heterocycles. The van der Waals surface area contributed by atoms with E-state index in [-0.39, 0.29) is 0 Å². The molecule has 1 aliphatic heterocycles. The average molecular weight is 222 g/mol. The maximum absolute atomic E-state index is 10.4. The molecule has 0 unspecified atom stereocenters. The Balaban J connectivity index is 2.38. The van der Waals surface area contributed by atoms with Crippen molar-refractivity contribution in [1.82, 2.24) is 0 Å². The van der Waals surface area contributed by atoms with E-state index in [1.54, 1.807) is 7.11 Å². The second-order valence-electron chi connectivity index (χ2n) is 3.48. The molecule has 0 radical (unpaired) electrons. The zero-order valence-electron chi connectivity index (χ0n) is 9.19. The summed E-state index contributed by atoms with van der Waals surface area (Å²) in [6, 6.07) is 3.67. The van der Waals surface area contributed by atoms with E-state index in [4.69, 9.17) is 14.2 Å². The second kappa shape index (κ2) is 4.88. The minimum Gasteiger partial charge on any atom is -0.496 e. The highest BCUT2D eigenvalue weighted by molar-refractivity contribution is 5.57. The first kappa shape index (κ1) is 10.8. The summed E-state index contributed by atoms with van der Waals surface area (Å²) in [6.45, 7) is 1.10. The molecule has 1 aliphatic rings. The van der Waals surface area contributed by atoms with Crippen LogP contribution in [0.2, 0.25) is 0 Å². The largest absolute Gasteiger partial charge is 0.496 e. The third kappa shape index (κ3) is 1.96. The molecule has 86 valence electrons. The first-order valence-corrected chi connectivity index (χ1v) is 5.26. The molecule has 0 N–H and O–H groups in total. The Morgan fingerprint density at radius 1 is 1.38 bits per heavy atom. The summed E-state index contributed by atoms with van der Waals surface area (Å²) >= 11 is 0. The number of benzene rings is 1. The average Bonchev–Trinajstić information content (AvgIpc) is 2.35. The van der Waals surface area contributed by atoms with Crippen molar-refractivity contribution in [2.45, 2.75) is 12.8 Å². The van der Waals surface area contributed by atoms with E-state index in [0.717, 1.165) is 23.3 Å². The molecular weight excluding hydrogens is 208 g/mol. The topological polar surface area (TPSA) is 44.8 Å². The summed E-state index contributed by atoms with van der Waals surface area (Å²) < 4.78 is 16.3. The van der Waals surface area contributed by atoms with Gasteiger partial charge in [-0.05, 0) is 18.6 Å². The van der Waals surface area contributed by atoms with Crippen LogP contribution in [-0.2, 0) is 11.2 Å². The van der Waals surface area contributed by atoms with Gasteiger partial charge in [-0.15, -0.1) is 0 Å². The van der Waals surface area contributed by atoms with Crippen molar-refractivity contribution in [2.75, 3.05) is 20.3 Å². The van der Waals surface area contributed by atoms with Gasteiger partial charge >= 0.3 is 0 Å². The lowest BCUT2D eigenvalue weighted by Crippen LogP contribution is -2.17. The Labute approximate surface area is 94.1 Å². The van der Waals surface area contributed by atoms with Crippen LogP contribution in [0.15, 0.2) is 12.1 Å². The van der Waals surface area contributed by atoms with E-state index in [9.17, 15) is 4.79 Å². The summed E-state index contributed by atoms with van der Waals surface area (Å²) in [5.41, 5.74) is 0.909. The highest BCUT2D eigenvalue weighted by atomic mass is 16.6. The van der Waals surface area contributed by atoms with Gasteiger partial charge in [0.15, 0.2) is 11.5 Å². The van der Waals surface area contributed by atoms with Crippen molar-refractivity contribution in [3.8, 4) is 17.2 Å². The molecule has 1 aromatic carbocycles. The molecule has 0 aliphatic carbocycles. The minimum atomic E-state index is 0.455. The molecular formula is C12H14O4. The van der Waals surface area contributed by atoms with E-state index in [1.807, 2.05) is 12.1 Å². The smallest absolute Gasteiger partial charge is 0.168 e. The van der Waals surface area contributed by atoms with Gasteiger partial charge < -0.3 is 19.0 Å². The van der Waals surface area contributed by atoms with Gasteiger partial charge in [0.05, 0.1) is 7.11 Å². The van der Waals surface area contributed by atoms with Crippen LogP contribution in [-0.4, -0.2) is 26.6 Å². The Kier molecular flexibility index (Phi) is 3.29. The van der Waals surface area contributed by atoms with Crippen LogP contribution < -0.4 is 14.2 Å². The van der Waals surface area contributed by atoms with Gasteiger partial charge in [-0.3, -0.25) is 0 Å². The van der Waals surface area contributed by atoms with Gasteiger partial charge in [0.2, 0.25) is 0 Å². The summed E-state index contributed by atoms with van der Waals surface area (Å²) in [6.07, 6.45) is 1.96. The predicted octanol–water partition coefficient (Wildman–Crippen LogP) is 1.60. The number of fused-ring (bicyclic) bond motifs is 1. The summed E-state index contributed by atoms with van der Waals surface area (Å²) in [7, 11) is 1.61. The maximum atomic E-state index is 10.4. The first-order valence-electron chi connectivity index (χ1n) is 5.26. The molecule has 0 saturated heterocycles. The summed E-state index contributed by atoms with van der Waals surface area (Å²) in [5, 5.41) is 0. The third-order valence-corrected chi connectivity index (χ3v) is 2.50. The molecule has 1 aromatic rings. The van der Waals surface area contributed by atoms with Gasteiger partial charge in [-0.25, -0.2) is 0 Å². The van der Waals surface area contributed by atoms with Crippen molar-refractivity contribution in [3.05, 3.63) is 17.7 Å². The number of carbonyl (C=O) groups is 1. The lowest BCUT2D eigenvalue weighted by atomic mass is 10.1. The number of rotatable bonds is 4. The molecule has 0 saturated carbocycles. The van der Waals surface area contributed by atoms with E-state index in [2.05, 4.69) is 0 Å². The van der Waals surface area contributed by atoms with Gasteiger partial charge in [0.25, 0.3) is 0 Å². The van der Waals surface area contributed by atoms with E-state index in [1.165, 1.54) is 0 Å². The number of ether oxygens (including phenoxy) is 3. The second-order valence-corrected chi connectivity index (χ2v) is 3.48. The van der Waals surface area contributed by atoms with Gasteiger partial charge in [-0.2, -0.15) is 0 Å². The molecule has 0 bridgehead atoms. The van der Waals surface area contributed by atoms with Crippen LogP contribution in [0, 0.1) is 0 Å². The molecule has 0 fully saturated rings. The number of methoxy groups -OCH3 is 1. The molecule has 0 aromatic heterocycles. The lowest BCUT2D eigenvalue weighted by molar-refractivity contribution is -0.107. The van der Waals surface area contributed by atoms with Crippen molar-refractivity contribution in [2.24, 2.45) is 0 Å². The fourth-order valence-corrected chi connectivity index (χ4v) is 1.79. The zero-order chi connectivity index (χ0) is 11.4. The van der Waals surface area contributed by atoms with Gasteiger partial charge in [0, 0.05) is 12.0 Å². The van der Waals surface area contributed by atoms with Crippen molar-refractivity contribution < 1.29 is 19.0 Å². The van der Waals surface area contributed by atoms with E-state index >= 15 is 0 Å². The van der Waals surface area contributed by atoms with E-state index in [0.29, 0.717) is 31.8 Å². The fraction of sp³-hybridized carbons (Fsp3) is 0.417. The highest BCUT2D eigenvalue weighted by Gasteiger charge is 2.19. The normalized spacial score (nSPS) is 13.3. The van der Waals surface area contributed by atoms with E-state index < -0.39 is 0 Å². The SMILES string of the molecule is COc1ccc2c(c1CCC=O)OCCO2. The standard InChI is InChI=1S/C12H14O4/c1-14-10-4-5-11-12(16-8-7-15-11)9(10)3-2-6-13/h4-6H,2-3,7-8H2,1H3. The van der Waals surface area contributed by atoms with Crippen LogP contribution >= 0.6 is 0 Å². The fourth-order valence-electron chi connectivity index (χ4n) is 1.79. The number of aldehydes is 1. The first-order chi connectivity index (χ1) is 7.86. The molecule has 0 spiro atoms. The van der Waals surface area contributed by atoms with Gasteiger partial charge in [-0.1, -0.05) is 0 Å². The van der Waals surface area contributed by atoms with Crippen LogP contribution in [0.4, 0.5) is 0 Å². The molecule has 2 rings (SSSR count). The number of hydrogen-bond acceptors (Lipinski definition) is 4. The van der Waals surface area contributed by atoms with Crippen molar-refractivity contribution in [3.63, 3.8) is 0 Å². The Morgan fingerprint density at radius 2 is 2.19 bits per heavy atom. The molecule has 16 heavy (non-hydrogen) atoms. The molecule has 4 heteroatoms. The Bertz CT molecular complexity index is 387. The summed E-state index contributed by atoms with van der Waals surface area (Å²) in [5.74, 6) is 2.19. The number of carbonyl (C=O) groups excluding carboxylic acids is 1. The number of hydrogen-bond donors (Lipinski definition) is 0. The van der Waals surface area contributed by atoms with Crippen LogP contribution in [0.25, 0.3) is 0 Å². The quantitative estimate of drug-likeness (QED) is 0.726. The monoisotopic (exact) mass is 222 g/mol. The summed E-state index contributed by atoms with van der Waals surface area (Å²) in [4.78, 5) is 10.4. The lowest BCUT2D eigenvalue weighted by Gasteiger charge is -2.22. The minimum absolute atomic E-state index is 0.455. The Hall–Kier alpha value is -1.71. The van der Waals surface area contributed by atoms with Gasteiger partial charge in [0.1, 0.15) is 25.2 Å². The highest BCUT2D eigenvalue weighted by Crippen LogP contribution is 2.39. The molecule has 0 amide bonds.